The van der Waals surface area contributed by atoms with Crippen LogP contribution in [0.15, 0.2) is 12.3 Å². The SMILES string of the molecule is Cc1nccc(N2CCC3(CCCCCC3)C2)n1. The fourth-order valence-corrected chi connectivity index (χ4v) is 3.64. The van der Waals surface area contributed by atoms with Crippen molar-refractivity contribution in [1.82, 2.24) is 9.97 Å². The van der Waals surface area contributed by atoms with Crippen LogP contribution in [0.5, 0.6) is 0 Å². The molecule has 1 spiro atoms. The van der Waals surface area contributed by atoms with Crippen molar-refractivity contribution in [3.05, 3.63) is 18.1 Å². The van der Waals surface area contributed by atoms with Gasteiger partial charge >= 0.3 is 0 Å². The fourth-order valence-electron chi connectivity index (χ4n) is 3.64. The van der Waals surface area contributed by atoms with Crippen molar-refractivity contribution in [3.8, 4) is 0 Å². The molecule has 3 heteroatoms. The van der Waals surface area contributed by atoms with Gasteiger partial charge in [-0.15, -0.1) is 0 Å². The molecule has 3 nitrogen and oxygen atoms in total. The zero-order chi connectivity index (χ0) is 12.4. The Kier molecular flexibility index (Phi) is 3.23. The maximum absolute atomic E-state index is 4.57. The predicted octanol–water partition coefficient (Wildman–Crippen LogP) is 3.34. The van der Waals surface area contributed by atoms with Gasteiger partial charge < -0.3 is 4.90 Å². The van der Waals surface area contributed by atoms with E-state index < -0.39 is 0 Å². The summed E-state index contributed by atoms with van der Waals surface area (Å²) in [5.74, 6) is 2.01. The quantitative estimate of drug-likeness (QED) is 0.760. The normalized spacial score (nSPS) is 23.3. The molecule has 0 unspecified atom stereocenters. The molecule has 3 rings (SSSR count). The summed E-state index contributed by atoms with van der Waals surface area (Å²) in [6.45, 7) is 4.36. The molecule has 1 aliphatic heterocycles. The minimum Gasteiger partial charge on any atom is -0.356 e. The summed E-state index contributed by atoms with van der Waals surface area (Å²) in [6, 6.07) is 2.06. The summed E-state index contributed by atoms with van der Waals surface area (Å²) < 4.78 is 0. The molecule has 0 radical (unpaired) electrons. The molecule has 0 amide bonds. The molecular weight excluding hydrogens is 222 g/mol. The van der Waals surface area contributed by atoms with Crippen LogP contribution in [0, 0.1) is 12.3 Å². The minimum atomic E-state index is 0.593. The third-order valence-electron chi connectivity index (χ3n) is 4.69. The average molecular weight is 245 g/mol. The maximum atomic E-state index is 4.57. The van der Waals surface area contributed by atoms with Crippen LogP contribution in [0.3, 0.4) is 0 Å². The molecule has 2 aliphatic rings. The zero-order valence-corrected chi connectivity index (χ0v) is 11.4. The molecular formula is C15H23N3. The summed E-state index contributed by atoms with van der Waals surface area (Å²) in [5, 5.41) is 0. The molecule has 98 valence electrons. The van der Waals surface area contributed by atoms with Gasteiger partial charge in [-0.05, 0) is 37.7 Å². The van der Waals surface area contributed by atoms with E-state index in [1.165, 1.54) is 58.0 Å². The molecule has 0 atom stereocenters. The Morgan fingerprint density at radius 3 is 2.61 bits per heavy atom. The number of aryl methyl sites for hydroxylation is 1. The van der Waals surface area contributed by atoms with Gasteiger partial charge in [-0.1, -0.05) is 25.7 Å². The lowest BCUT2D eigenvalue weighted by atomic mass is 9.80. The first kappa shape index (κ1) is 11.9. The molecule has 1 aromatic heterocycles. The van der Waals surface area contributed by atoms with Crippen LogP contribution in [-0.2, 0) is 0 Å². The van der Waals surface area contributed by atoms with E-state index in [0.29, 0.717) is 5.41 Å². The van der Waals surface area contributed by atoms with E-state index >= 15 is 0 Å². The van der Waals surface area contributed by atoms with Crippen molar-refractivity contribution in [2.45, 2.75) is 51.9 Å². The van der Waals surface area contributed by atoms with Gasteiger partial charge in [-0.25, -0.2) is 9.97 Å². The van der Waals surface area contributed by atoms with Crippen LogP contribution < -0.4 is 4.90 Å². The fraction of sp³-hybridized carbons (Fsp3) is 0.733. The predicted molar refractivity (Wildman–Crippen MR) is 73.7 cm³/mol. The second kappa shape index (κ2) is 4.87. The van der Waals surface area contributed by atoms with E-state index in [4.69, 9.17) is 0 Å². The first-order chi connectivity index (χ1) is 8.77. The van der Waals surface area contributed by atoms with Gasteiger partial charge in [0.05, 0.1) is 0 Å². The first-order valence-corrected chi connectivity index (χ1v) is 7.32. The number of hydrogen-bond acceptors (Lipinski definition) is 3. The number of aromatic nitrogens is 2. The maximum Gasteiger partial charge on any atom is 0.132 e. The second-order valence-corrected chi connectivity index (χ2v) is 6.05. The molecule has 1 saturated heterocycles. The average Bonchev–Trinajstić information content (AvgIpc) is 2.64. The minimum absolute atomic E-state index is 0.593. The molecule has 2 heterocycles. The lowest BCUT2D eigenvalue weighted by Gasteiger charge is -2.28. The van der Waals surface area contributed by atoms with Crippen LogP contribution in [0.4, 0.5) is 5.82 Å². The zero-order valence-electron chi connectivity index (χ0n) is 11.4. The van der Waals surface area contributed by atoms with E-state index in [-0.39, 0.29) is 0 Å². The Hall–Kier alpha value is -1.12. The van der Waals surface area contributed by atoms with E-state index in [9.17, 15) is 0 Å². The van der Waals surface area contributed by atoms with Gasteiger partial charge in [-0.2, -0.15) is 0 Å². The summed E-state index contributed by atoms with van der Waals surface area (Å²) in [6.07, 6.45) is 11.8. The Balaban J connectivity index is 1.74. The largest absolute Gasteiger partial charge is 0.356 e. The molecule has 0 N–H and O–H groups in total. The highest BCUT2D eigenvalue weighted by Gasteiger charge is 2.38. The Labute approximate surface area is 110 Å². The molecule has 1 aromatic rings. The standard InChI is InChI=1S/C15H23N3/c1-13-16-10-6-14(17-13)18-11-9-15(12-18)7-4-2-3-5-8-15/h6,10H,2-5,7-9,11-12H2,1H3. The van der Waals surface area contributed by atoms with Crippen molar-refractivity contribution in [3.63, 3.8) is 0 Å². The number of hydrogen-bond donors (Lipinski definition) is 0. The van der Waals surface area contributed by atoms with E-state index in [1.54, 1.807) is 0 Å². The van der Waals surface area contributed by atoms with Gasteiger partial charge in [0, 0.05) is 19.3 Å². The summed E-state index contributed by atoms with van der Waals surface area (Å²) >= 11 is 0. The molecule has 2 fully saturated rings. The smallest absolute Gasteiger partial charge is 0.132 e. The summed E-state index contributed by atoms with van der Waals surface area (Å²) in [4.78, 5) is 11.2. The van der Waals surface area contributed by atoms with E-state index in [0.717, 1.165) is 11.6 Å². The van der Waals surface area contributed by atoms with Crippen LogP contribution in [-0.4, -0.2) is 23.1 Å². The highest BCUT2D eigenvalue weighted by Crippen LogP contribution is 2.43. The van der Waals surface area contributed by atoms with Gasteiger partial charge in [0.25, 0.3) is 0 Å². The lowest BCUT2D eigenvalue weighted by molar-refractivity contribution is 0.280. The van der Waals surface area contributed by atoms with Crippen LogP contribution >= 0.6 is 0 Å². The molecule has 1 aliphatic carbocycles. The molecule has 0 bridgehead atoms. The van der Waals surface area contributed by atoms with Crippen molar-refractivity contribution in [2.24, 2.45) is 5.41 Å². The Morgan fingerprint density at radius 1 is 1.11 bits per heavy atom. The topological polar surface area (TPSA) is 29.0 Å². The molecule has 0 aromatic carbocycles. The van der Waals surface area contributed by atoms with Gasteiger partial charge in [0.15, 0.2) is 0 Å². The van der Waals surface area contributed by atoms with E-state index in [1.807, 2.05) is 13.1 Å². The Morgan fingerprint density at radius 2 is 1.89 bits per heavy atom. The summed E-state index contributed by atoms with van der Waals surface area (Å²) in [5.41, 5.74) is 0.593. The lowest BCUT2D eigenvalue weighted by Crippen LogP contribution is -2.27. The van der Waals surface area contributed by atoms with Gasteiger partial charge in [-0.3, -0.25) is 0 Å². The summed E-state index contributed by atoms with van der Waals surface area (Å²) in [7, 11) is 0. The third-order valence-corrected chi connectivity index (χ3v) is 4.69. The highest BCUT2D eigenvalue weighted by atomic mass is 15.2. The monoisotopic (exact) mass is 245 g/mol. The van der Waals surface area contributed by atoms with Crippen molar-refractivity contribution in [2.75, 3.05) is 18.0 Å². The van der Waals surface area contributed by atoms with Crippen molar-refractivity contribution < 1.29 is 0 Å². The second-order valence-electron chi connectivity index (χ2n) is 6.05. The van der Waals surface area contributed by atoms with E-state index in [2.05, 4.69) is 20.9 Å². The number of rotatable bonds is 1. The van der Waals surface area contributed by atoms with Gasteiger partial charge in [0.2, 0.25) is 0 Å². The number of anilines is 1. The van der Waals surface area contributed by atoms with Crippen LogP contribution in [0.2, 0.25) is 0 Å². The van der Waals surface area contributed by atoms with Crippen LogP contribution in [0.1, 0.15) is 50.8 Å². The van der Waals surface area contributed by atoms with Crippen molar-refractivity contribution >= 4 is 5.82 Å². The third kappa shape index (κ3) is 2.36. The van der Waals surface area contributed by atoms with Crippen LogP contribution in [0.25, 0.3) is 0 Å². The first-order valence-electron chi connectivity index (χ1n) is 7.32. The Bertz CT molecular complexity index is 408. The molecule has 1 saturated carbocycles. The van der Waals surface area contributed by atoms with Crippen molar-refractivity contribution in [1.29, 1.82) is 0 Å². The van der Waals surface area contributed by atoms with Gasteiger partial charge in [0.1, 0.15) is 11.6 Å². The molecule has 18 heavy (non-hydrogen) atoms. The number of nitrogens with zero attached hydrogens (tertiary/aromatic N) is 3. The highest BCUT2D eigenvalue weighted by molar-refractivity contribution is 5.39.